The van der Waals surface area contributed by atoms with E-state index in [0.717, 1.165) is 11.8 Å². The topological polar surface area (TPSA) is 24.4 Å². The second kappa shape index (κ2) is 7.26. The SMILES string of the molecule is CCSC1CCC(NC2=NCC(CC)(CC)CS2)C1. The zero-order chi connectivity index (χ0) is 13.7. The van der Waals surface area contributed by atoms with Crippen molar-refractivity contribution in [3.8, 4) is 0 Å². The van der Waals surface area contributed by atoms with Crippen LogP contribution in [0.25, 0.3) is 0 Å². The quantitative estimate of drug-likeness (QED) is 0.825. The highest BCUT2D eigenvalue weighted by molar-refractivity contribution is 8.13. The Hall–Kier alpha value is 0.170. The lowest BCUT2D eigenvalue weighted by atomic mass is 9.84. The Morgan fingerprint density at radius 3 is 2.68 bits per heavy atom. The monoisotopic (exact) mass is 300 g/mol. The van der Waals surface area contributed by atoms with E-state index >= 15 is 0 Å². The molecule has 1 aliphatic carbocycles. The summed E-state index contributed by atoms with van der Waals surface area (Å²) < 4.78 is 0. The molecule has 0 bridgehead atoms. The maximum atomic E-state index is 4.82. The van der Waals surface area contributed by atoms with Gasteiger partial charge in [-0.2, -0.15) is 11.8 Å². The third-order valence-corrected chi connectivity index (χ3v) is 7.20. The molecule has 0 radical (unpaired) electrons. The third-order valence-electron chi connectivity index (χ3n) is 4.69. The Bertz CT molecular complexity index is 313. The predicted molar refractivity (Wildman–Crippen MR) is 90.5 cm³/mol. The van der Waals surface area contributed by atoms with Gasteiger partial charge in [-0.3, -0.25) is 4.99 Å². The Balaban J connectivity index is 1.80. The minimum Gasteiger partial charge on any atom is -0.362 e. The van der Waals surface area contributed by atoms with E-state index in [1.165, 1.54) is 48.8 Å². The van der Waals surface area contributed by atoms with Crippen molar-refractivity contribution in [2.45, 2.75) is 64.2 Å². The smallest absolute Gasteiger partial charge is 0.156 e. The van der Waals surface area contributed by atoms with E-state index < -0.39 is 0 Å². The molecule has 2 nitrogen and oxygen atoms in total. The van der Waals surface area contributed by atoms with Crippen LogP contribution < -0.4 is 5.32 Å². The average Bonchev–Trinajstić information content (AvgIpc) is 2.88. The lowest BCUT2D eigenvalue weighted by molar-refractivity contribution is 0.318. The van der Waals surface area contributed by atoms with Crippen LogP contribution in [0.2, 0.25) is 0 Å². The van der Waals surface area contributed by atoms with Crippen molar-refractivity contribution in [1.29, 1.82) is 0 Å². The molecule has 0 amide bonds. The summed E-state index contributed by atoms with van der Waals surface area (Å²) in [5.41, 5.74) is 0.464. The molecule has 1 saturated carbocycles. The molecule has 2 aliphatic rings. The Labute approximate surface area is 127 Å². The van der Waals surface area contributed by atoms with Gasteiger partial charge in [0.15, 0.2) is 5.17 Å². The first kappa shape index (κ1) is 15.6. The van der Waals surface area contributed by atoms with Crippen LogP contribution in [0.4, 0.5) is 0 Å². The van der Waals surface area contributed by atoms with Gasteiger partial charge in [-0.1, -0.05) is 32.5 Å². The molecule has 2 rings (SSSR count). The minimum atomic E-state index is 0.464. The van der Waals surface area contributed by atoms with Gasteiger partial charge in [0.05, 0.1) is 0 Å². The summed E-state index contributed by atoms with van der Waals surface area (Å²) >= 11 is 4.08. The Morgan fingerprint density at radius 1 is 1.32 bits per heavy atom. The summed E-state index contributed by atoms with van der Waals surface area (Å²) in [5, 5.41) is 5.78. The van der Waals surface area contributed by atoms with Crippen LogP contribution in [-0.4, -0.2) is 34.5 Å². The van der Waals surface area contributed by atoms with E-state index in [0.29, 0.717) is 11.5 Å². The van der Waals surface area contributed by atoms with Crippen LogP contribution in [0.5, 0.6) is 0 Å². The van der Waals surface area contributed by atoms with Gasteiger partial charge < -0.3 is 5.32 Å². The summed E-state index contributed by atoms with van der Waals surface area (Å²) in [6, 6.07) is 0.672. The van der Waals surface area contributed by atoms with Gasteiger partial charge in [0.1, 0.15) is 0 Å². The van der Waals surface area contributed by atoms with E-state index in [4.69, 9.17) is 4.99 Å². The maximum Gasteiger partial charge on any atom is 0.156 e. The number of thioether (sulfide) groups is 2. The molecule has 1 fully saturated rings. The average molecular weight is 301 g/mol. The van der Waals surface area contributed by atoms with E-state index in [1.807, 2.05) is 11.8 Å². The normalized spacial score (nSPS) is 30.2. The van der Waals surface area contributed by atoms with Crippen LogP contribution in [0, 0.1) is 5.41 Å². The largest absolute Gasteiger partial charge is 0.362 e. The number of amidine groups is 1. The summed E-state index contributed by atoms with van der Waals surface area (Å²) in [6.45, 7) is 7.90. The number of aliphatic imine (C=N–C) groups is 1. The second-order valence-electron chi connectivity index (χ2n) is 5.85. The van der Waals surface area contributed by atoms with Gasteiger partial charge in [0.25, 0.3) is 0 Å². The minimum absolute atomic E-state index is 0.464. The van der Waals surface area contributed by atoms with Crippen molar-refractivity contribution in [3.05, 3.63) is 0 Å². The molecule has 19 heavy (non-hydrogen) atoms. The number of hydrogen-bond donors (Lipinski definition) is 1. The highest BCUT2D eigenvalue weighted by Crippen LogP contribution is 2.36. The molecule has 0 aromatic rings. The fourth-order valence-electron chi connectivity index (χ4n) is 2.95. The number of nitrogens with one attached hydrogen (secondary N) is 1. The van der Waals surface area contributed by atoms with Gasteiger partial charge in [-0.25, -0.2) is 0 Å². The molecule has 2 unspecified atom stereocenters. The summed E-state index contributed by atoms with van der Waals surface area (Å²) in [6.07, 6.45) is 6.54. The fourth-order valence-corrected chi connectivity index (χ4v) is 5.44. The van der Waals surface area contributed by atoms with E-state index in [9.17, 15) is 0 Å². The van der Waals surface area contributed by atoms with Crippen LogP contribution in [-0.2, 0) is 0 Å². The number of hydrogen-bond acceptors (Lipinski definition) is 4. The molecule has 2 atom stereocenters. The van der Waals surface area contributed by atoms with Gasteiger partial charge in [-0.05, 0) is 43.3 Å². The Morgan fingerprint density at radius 2 is 2.11 bits per heavy atom. The van der Waals surface area contributed by atoms with Crippen LogP contribution in [0.15, 0.2) is 4.99 Å². The van der Waals surface area contributed by atoms with Crippen molar-refractivity contribution in [1.82, 2.24) is 5.32 Å². The van der Waals surface area contributed by atoms with Gasteiger partial charge in [-0.15, -0.1) is 0 Å². The van der Waals surface area contributed by atoms with Crippen molar-refractivity contribution in [2.24, 2.45) is 10.4 Å². The molecule has 110 valence electrons. The van der Waals surface area contributed by atoms with E-state index in [1.54, 1.807) is 0 Å². The molecular formula is C15H28N2S2. The summed E-state index contributed by atoms with van der Waals surface area (Å²) in [7, 11) is 0. The first-order valence-corrected chi connectivity index (χ1v) is 9.80. The third kappa shape index (κ3) is 4.07. The van der Waals surface area contributed by atoms with E-state index in [-0.39, 0.29) is 0 Å². The van der Waals surface area contributed by atoms with Crippen LogP contribution in [0.3, 0.4) is 0 Å². The first-order chi connectivity index (χ1) is 9.21. The molecule has 1 heterocycles. The van der Waals surface area contributed by atoms with Crippen molar-refractivity contribution in [3.63, 3.8) is 0 Å². The first-order valence-electron chi connectivity index (χ1n) is 7.76. The highest BCUT2D eigenvalue weighted by atomic mass is 32.2. The van der Waals surface area contributed by atoms with Gasteiger partial charge >= 0.3 is 0 Å². The number of rotatable bonds is 5. The zero-order valence-electron chi connectivity index (χ0n) is 12.6. The molecule has 0 aromatic heterocycles. The zero-order valence-corrected chi connectivity index (χ0v) is 14.2. The fraction of sp³-hybridized carbons (Fsp3) is 0.933. The summed E-state index contributed by atoms with van der Waals surface area (Å²) in [5.74, 6) is 2.49. The van der Waals surface area contributed by atoms with Crippen molar-refractivity contribution >= 4 is 28.7 Å². The molecule has 0 aromatic carbocycles. The van der Waals surface area contributed by atoms with Crippen LogP contribution in [0.1, 0.15) is 52.9 Å². The maximum absolute atomic E-state index is 4.82. The lowest BCUT2D eigenvalue weighted by Gasteiger charge is -2.34. The Kier molecular flexibility index (Phi) is 5.94. The molecular weight excluding hydrogens is 272 g/mol. The molecule has 4 heteroatoms. The van der Waals surface area contributed by atoms with Crippen LogP contribution >= 0.6 is 23.5 Å². The standard InChI is InChI=1S/C15H28N2S2/c1-4-15(5-2)10-16-14(19-11-15)17-12-7-8-13(9-12)18-6-3/h12-13H,4-11H2,1-3H3,(H,16,17). The molecule has 1 aliphatic heterocycles. The van der Waals surface area contributed by atoms with Gasteiger partial charge in [0.2, 0.25) is 0 Å². The predicted octanol–water partition coefficient (Wildman–Crippen LogP) is 4.16. The molecule has 1 N–H and O–H groups in total. The van der Waals surface area contributed by atoms with E-state index in [2.05, 4.69) is 37.8 Å². The van der Waals surface area contributed by atoms with Crippen molar-refractivity contribution < 1.29 is 0 Å². The second-order valence-corrected chi connectivity index (χ2v) is 8.39. The van der Waals surface area contributed by atoms with Crippen molar-refractivity contribution in [2.75, 3.05) is 18.1 Å². The molecule has 0 spiro atoms. The lowest BCUT2D eigenvalue weighted by Crippen LogP contribution is -2.38. The summed E-state index contributed by atoms with van der Waals surface area (Å²) in [4.78, 5) is 4.82. The molecule has 0 saturated heterocycles. The van der Waals surface area contributed by atoms with Gasteiger partial charge in [0, 0.05) is 23.6 Å². The number of nitrogens with zero attached hydrogens (tertiary/aromatic N) is 1. The highest BCUT2D eigenvalue weighted by Gasteiger charge is 2.31.